The maximum Gasteiger partial charge on any atom is 0.0971 e. The number of rotatable bonds is 1. The van der Waals surface area contributed by atoms with E-state index in [1.54, 1.807) is 0 Å². The van der Waals surface area contributed by atoms with E-state index in [0.717, 1.165) is 6.42 Å². The molecule has 0 fully saturated rings. The number of fused-ring (bicyclic) bond motifs is 1. The van der Waals surface area contributed by atoms with E-state index in [2.05, 4.69) is 24.3 Å². The molecule has 12 heavy (non-hydrogen) atoms. The smallest absolute Gasteiger partial charge is 0.0971 e. The fraction of sp³-hybridized carbons (Fsp3) is 0.200. The number of para-hydroxylation sites is 1. The first-order valence-corrected chi connectivity index (χ1v) is 4.52. The lowest BCUT2D eigenvalue weighted by atomic mass is 10.1. The summed E-state index contributed by atoms with van der Waals surface area (Å²) in [6, 6.07) is 8.86. The first kappa shape index (κ1) is 7.69. The van der Waals surface area contributed by atoms with Gasteiger partial charge >= 0.3 is 0 Å². The molecule has 0 N–H and O–H groups in total. The van der Waals surface area contributed by atoms with Crippen molar-refractivity contribution >= 4 is 17.3 Å². The van der Waals surface area contributed by atoms with Gasteiger partial charge in [0.05, 0.1) is 6.00 Å². The lowest BCUT2D eigenvalue weighted by Crippen LogP contribution is -2.17. The van der Waals surface area contributed by atoms with Crippen LogP contribution in [0.1, 0.15) is 5.56 Å². The van der Waals surface area contributed by atoms with Crippen LogP contribution < -0.4 is 4.90 Å². The van der Waals surface area contributed by atoms with Gasteiger partial charge in [-0.05, 0) is 18.1 Å². The molecule has 1 aliphatic heterocycles. The standard InChI is InChI=1S/C10H10ClN/c11-8-12-7-3-5-9-4-1-2-6-10(9)12/h1-4,6-7H,5,8H2. The van der Waals surface area contributed by atoms with Gasteiger partial charge in [-0.15, -0.1) is 11.6 Å². The van der Waals surface area contributed by atoms with Crippen molar-refractivity contribution in [3.05, 3.63) is 42.1 Å². The molecule has 0 bridgehead atoms. The van der Waals surface area contributed by atoms with Crippen molar-refractivity contribution in [3.63, 3.8) is 0 Å². The van der Waals surface area contributed by atoms with Crippen molar-refractivity contribution in [2.24, 2.45) is 0 Å². The van der Waals surface area contributed by atoms with Crippen molar-refractivity contribution in [1.82, 2.24) is 0 Å². The zero-order chi connectivity index (χ0) is 8.39. The summed E-state index contributed by atoms with van der Waals surface area (Å²) < 4.78 is 0. The molecule has 0 saturated heterocycles. The van der Waals surface area contributed by atoms with E-state index in [1.165, 1.54) is 11.3 Å². The van der Waals surface area contributed by atoms with E-state index >= 15 is 0 Å². The highest BCUT2D eigenvalue weighted by Crippen LogP contribution is 2.25. The molecule has 1 heterocycles. The molecule has 1 nitrogen and oxygen atoms in total. The highest BCUT2D eigenvalue weighted by molar-refractivity contribution is 6.19. The first-order valence-electron chi connectivity index (χ1n) is 3.99. The van der Waals surface area contributed by atoms with Crippen LogP contribution in [0.4, 0.5) is 5.69 Å². The Bertz CT molecular complexity index is 306. The number of allylic oxidation sites excluding steroid dienone is 1. The first-order chi connectivity index (χ1) is 5.92. The zero-order valence-corrected chi connectivity index (χ0v) is 7.46. The lowest BCUT2D eigenvalue weighted by molar-refractivity contribution is 1.06. The predicted molar refractivity (Wildman–Crippen MR) is 52.5 cm³/mol. The quantitative estimate of drug-likeness (QED) is 0.474. The summed E-state index contributed by atoms with van der Waals surface area (Å²) >= 11 is 5.78. The van der Waals surface area contributed by atoms with Gasteiger partial charge < -0.3 is 4.90 Å². The summed E-state index contributed by atoms with van der Waals surface area (Å²) in [6.07, 6.45) is 5.18. The van der Waals surface area contributed by atoms with Crippen LogP contribution in [0.15, 0.2) is 36.5 Å². The Morgan fingerprint density at radius 3 is 3.00 bits per heavy atom. The molecule has 1 aromatic carbocycles. The third-order valence-corrected chi connectivity index (χ3v) is 2.31. The van der Waals surface area contributed by atoms with Gasteiger partial charge in [0.1, 0.15) is 0 Å². The number of halogens is 1. The third-order valence-electron chi connectivity index (χ3n) is 2.05. The molecule has 0 radical (unpaired) electrons. The molecule has 0 aromatic heterocycles. The van der Waals surface area contributed by atoms with Gasteiger partial charge in [0.2, 0.25) is 0 Å². The largest absolute Gasteiger partial charge is 0.334 e. The maximum atomic E-state index is 5.78. The van der Waals surface area contributed by atoms with Crippen molar-refractivity contribution in [1.29, 1.82) is 0 Å². The second-order valence-corrected chi connectivity index (χ2v) is 3.05. The Hall–Kier alpha value is -0.950. The van der Waals surface area contributed by atoms with Crippen LogP contribution in [0.25, 0.3) is 0 Å². The van der Waals surface area contributed by atoms with Crippen LogP contribution >= 0.6 is 11.6 Å². The van der Waals surface area contributed by atoms with E-state index in [0.29, 0.717) is 6.00 Å². The molecule has 0 amide bonds. The highest BCUT2D eigenvalue weighted by atomic mass is 35.5. The Morgan fingerprint density at radius 2 is 2.17 bits per heavy atom. The van der Waals surface area contributed by atoms with E-state index in [9.17, 15) is 0 Å². The number of nitrogens with zero attached hydrogens (tertiary/aromatic N) is 1. The molecule has 0 spiro atoms. The van der Waals surface area contributed by atoms with E-state index < -0.39 is 0 Å². The van der Waals surface area contributed by atoms with Gasteiger partial charge in [-0.2, -0.15) is 0 Å². The minimum absolute atomic E-state index is 0.521. The van der Waals surface area contributed by atoms with E-state index in [1.807, 2.05) is 17.2 Å². The Morgan fingerprint density at radius 1 is 1.33 bits per heavy atom. The SMILES string of the molecule is ClCN1C=CCc2ccccc21. The van der Waals surface area contributed by atoms with Crippen LogP contribution in [0.3, 0.4) is 0 Å². The van der Waals surface area contributed by atoms with Gasteiger partial charge in [0.15, 0.2) is 0 Å². The summed E-state index contributed by atoms with van der Waals surface area (Å²) in [7, 11) is 0. The molecule has 2 heteroatoms. The molecule has 0 atom stereocenters. The van der Waals surface area contributed by atoms with Gasteiger partial charge in [0.25, 0.3) is 0 Å². The topological polar surface area (TPSA) is 3.24 Å². The number of alkyl halides is 1. The molecule has 0 unspecified atom stereocenters. The van der Waals surface area contributed by atoms with Crippen molar-refractivity contribution < 1.29 is 0 Å². The summed E-state index contributed by atoms with van der Waals surface area (Å²) in [5.74, 6) is 0. The molecule has 2 rings (SSSR count). The second kappa shape index (κ2) is 3.20. The average molecular weight is 180 g/mol. The number of hydrogen-bond donors (Lipinski definition) is 0. The van der Waals surface area contributed by atoms with Crippen molar-refractivity contribution in [2.75, 3.05) is 10.9 Å². The highest BCUT2D eigenvalue weighted by Gasteiger charge is 2.09. The Balaban J connectivity index is 2.43. The number of benzene rings is 1. The minimum atomic E-state index is 0.521. The summed E-state index contributed by atoms with van der Waals surface area (Å²) in [5.41, 5.74) is 2.58. The second-order valence-electron chi connectivity index (χ2n) is 2.81. The van der Waals surface area contributed by atoms with Crippen LogP contribution in [0, 0.1) is 0 Å². The summed E-state index contributed by atoms with van der Waals surface area (Å²) in [6.45, 7) is 0. The molecule has 1 aliphatic rings. The Kier molecular flexibility index (Phi) is 2.05. The molecular formula is C10H10ClN. The van der Waals surface area contributed by atoms with Crippen LogP contribution in [-0.4, -0.2) is 6.00 Å². The van der Waals surface area contributed by atoms with Crippen molar-refractivity contribution in [2.45, 2.75) is 6.42 Å². The molecular weight excluding hydrogens is 170 g/mol. The maximum absolute atomic E-state index is 5.78. The van der Waals surface area contributed by atoms with Gasteiger partial charge in [-0.3, -0.25) is 0 Å². The van der Waals surface area contributed by atoms with E-state index in [4.69, 9.17) is 11.6 Å². The third kappa shape index (κ3) is 1.21. The summed E-state index contributed by atoms with van der Waals surface area (Å²) in [4.78, 5) is 2.04. The normalized spacial score (nSPS) is 14.6. The average Bonchev–Trinajstić information content (AvgIpc) is 2.17. The van der Waals surface area contributed by atoms with Gasteiger partial charge in [0, 0.05) is 11.9 Å². The number of hydrogen-bond acceptors (Lipinski definition) is 1. The molecule has 0 saturated carbocycles. The van der Waals surface area contributed by atoms with Crippen LogP contribution in [-0.2, 0) is 6.42 Å². The minimum Gasteiger partial charge on any atom is -0.334 e. The monoisotopic (exact) mass is 179 g/mol. The van der Waals surface area contributed by atoms with E-state index in [-0.39, 0.29) is 0 Å². The fourth-order valence-electron chi connectivity index (χ4n) is 1.46. The van der Waals surface area contributed by atoms with Gasteiger partial charge in [-0.1, -0.05) is 24.3 Å². The van der Waals surface area contributed by atoms with Crippen molar-refractivity contribution in [3.8, 4) is 0 Å². The Labute approximate surface area is 77.3 Å². The number of anilines is 1. The summed E-state index contributed by atoms with van der Waals surface area (Å²) in [5, 5.41) is 0. The zero-order valence-electron chi connectivity index (χ0n) is 6.70. The van der Waals surface area contributed by atoms with Gasteiger partial charge in [-0.25, -0.2) is 0 Å². The van der Waals surface area contributed by atoms with Crippen LogP contribution in [0.5, 0.6) is 0 Å². The molecule has 0 aliphatic carbocycles. The fourth-order valence-corrected chi connectivity index (χ4v) is 1.66. The molecule has 1 aromatic rings. The predicted octanol–water partition coefficient (Wildman–Crippen LogP) is 2.76. The van der Waals surface area contributed by atoms with Crippen LogP contribution in [0.2, 0.25) is 0 Å². The lowest BCUT2D eigenvalue weighted by Gasteiger charge is -2.23. The molecule has 62 valence electrons.